The van der Waals surface area contributed by atoms with E-state index in [1.54, 1.807) is 7.11 Å². The second-order valence-electron chi connectivity index (χ2n) is 4.56. The van der Waals surface area contributed by atoms with Crippen LogP contribution in [-0.2, 0) is 0 Å². The topological polar surface area (TPSA) is 50.9 Å². The van der Waals surface area contributed by atoms with Crippen LogP contribution >= 0.6 is 11.8 Å². The number of nitrogens with zero attached hydrogens (tertiary/aromatic N) is 2. The first kappa shape index (κ1) is 14.1. The fourth-order valence-corrected chi connectivity index (χ4v) is 2.77. The van der Waals surface area contributed by atoms with E-state index in [9.17, 15) is 0 Å². The average Bonchev–Trinajstić information content (AvgIpc) is 2.80. The van der Waals surface area contributed by atoms with Gasteiger partial charge in [0.25, 0.3) is 0 Å². The lowest BCUT2D eigenvalue weighted by molar-refractivity contribution is 0.415. The van der Waals surface area contributed by atoms with Crippen LogP contribution < -0.4 is 15.4 Å². The van der Waals surface area contributed by atoms with Crippen LogP contribution in [0.25, 0.3) is 0 Å². The fourth-order valence-electron chi connectivity index (χ4n) is 2.31. The molecule has 0 bridgehead atoms. The molecule has 1 heterocycles. The van der Waals surface area contributed by atoms with Gasteiger partial charge in [-0.25, -0.2) is 0 Å². The fraction of sp³-hybridized carbons (Fsp3) is 0.500. The Bertz CT molecular complexity index is 433. The number of rotatable bonds is 6. The highest BCUT2D eigenvalue weighted by Crippen LogP contribution is 2.25. The minimum Gasteiger partial charge on any atom is -0.497 e. The van der Waals surface area contributed by atoms with Crippen molar-refractivity contribution in [1.82, 2.24) is 0 Å². The van der Waals surface area contributed by atoms with E-state index in [1.807, 2.05) is 36.0 Å². The molecule has 5 heteroatoms. The molecule has 0 radical (unpaired) electrons. The Balaban J connectivity index is 2.07. The molecule has 0 spiro atoms. The van der Waals surface area contributed by atoms with Gasteiger partial charge in [-0.05, 0) is 49.1 Å². The third kappa shape index (κ3) is 3.35. The highest BCUT2D eigenvalue weighted by atomic mass is 32.2. The molecule has 0 aromatic heterocycles. The summed E-state index contributed by atoms with van der Waals surface area (Å²) in [5, 5.41) is 0. The van der Waals surface area contributed by atoms with Crippen molar-refractivity contribution in [2.24, 2.45) is 10.7 Å². The summed E-state index contributed by atoms with van der Waals surface area (Å²) in [6.45, 7) is 0.798. The number of nitrogens with two attached hydrogens (primary N) is 1. The van der Waals surface area contributed by atoms with Crippen molar-refractivity contribution in [3.8, 4) is 5.75 Å². The normalized spacial score (nSPS) is 18.5. The molecule has 0 aliphatic carbocycles. The Labute approximate surface area is 119 Å². The van der Waals surface area contributed by atoms with Crippen LogP contribution in [0.2, 0.25) is 0 Å². The number of ether oxygens (including phenoxy) is 1. The first-order valence-electron chi connectivity index (χ1n) is 6.48. The molecule has 1 aliphatic heterocycles. The monoisotopic (exact) mass is 279 g/mol. The zero-order chi connectivity index (χ0) is 13.7. The Hall–Kier alpha value is -1.36. The number of methoxy groups -OCH3 is 1. The molecular weight excluding hydrogens is 258 g/mol. The second-order valence-corrected chi connectivity index (χ2v) is 5.54. The Morgan fingerprint density at radius 2 is 2.16 bits per heavy atom. The van der Waals surface area contributed by atoms with Crippen LogP contribution in [0.5, 0.6) is 5.75 Å². The zero-order valence-corrected chi connectivity index (χ0v) is 12.3. The van der Waals surface area contributed by atoms with Gasteiger partial charge in [0, 0.05) is 5.69 Å². The molecule has 2 rings (SSSR count). The summed E-state index contributed by atoms with van der Waals surface area (Å²) in [6.07, 6.45) is 4.46. The number of guanidine groups is 1. The van der Waals surface area contributed by atoms with Gasteiger partial charge in [-0.15, -0.1) is 0 Å². The Morgan fingerprint density at radius 3 is 2.79 bits per heavy atom. The Kier molecular flexibility index (Phi) is 4.96. The van der Waals surface area contributed by atoms with Crippen molar-refractivity contribution in [1.29, 1.82) is 0 Å². The molecule has 1 aromatic carbocycles. The molecule has 1 aliphatic rings. The van der Waals surface area contributed by atoms with Crippen LogP contribution in [-0.4, -0.2) is 37.7 Å². The van der Waals surface area contributed by atoms with E-state index in [-0.39, 0.29) is 0 Å². The van der Waals surface area contributed by atoms with E-state index in [0.29, 0.717) is 12.0 Å². The standard InChI is InChI=1S/C14H21N3OS/c1-18-13-7-5-11(6-8-13)17-12(4-3-9-19-2)10-16-14(17)15/h5-8,12H,3-4,9-10H2,1-2H3,(H2,15,16). The summed E-state index contributed by atoms with van der Waals surface area (Å²) in [7, 11) is 1.67. The van der Waals surface area contributed by atoms with Crippen molar-refractivity contribution in [3.63, 3.8) is 0 Å². The lowest BCUT2D eigenvalue weighted by atomic mass is 10.1. The van der Waals surface area contributed by atoms with Crippen LogP contribution in [0.1, 0.15) is 12.8 Å². The first-order valence-corrected chi connectivity index (χ1v) is 7.87. The summed E-state index contributed by atoms with van der Waals surface area (Å²) in [5.41, 5.74) is 7.11. The summed E-state index contributed by atoms with van der Waals surface area (Å²) in [4.78, 5) is 6.52. The maximum absolute atomic E-state index is 6.02. The van der Waals surface area contributed by atoms with Crippen molar-refractivity contribution >= 4 is 23.4 Å². The van der Waals surface area contributed by atoms with E-state index < -0.39 is 0 Å². The minimum absolute atomic E-state index is 0.389. The smallest absolute Gasteiger partial charge is 0.196 e. The third-order valence-corrected chi connectivity index (χ3v) is 4.01. The first-order chi connectivity index (χ1) is 9.26. The van der Waals surface area contributed by atoms with E-state index in [4.69, 9.17) is 10.5 Å². The van der Waals surface area contributed by atoms with Crippen LogP contribution in [0.3, 0.4) is 0 Å². The van der Waals surface area contributed by atoms with E-state index in [0.717, 1.165) is 24.4 Å². The van der Waals surface area contributed by atoms with Gasteiger partial charge >= 0.3 is 0 Å². The molecule has 4 nitrogen and oxygen atoms in total. The Morgan fingerprint density at radius 1 is 1.42 bits per heavy atom. The molecule has 104 valence electrons. The van der Waals surface area contributed by atoms with Crippen LogP contribution in [0, 0.1) is 0 Å². The van der Waals surface area contributed by atoms with Gasteiger partial charge in [-0.1, -0.05) is 0 Å². The molecule has 1 atom stereocenters. The van der Waals surface area contributed by atoms with Crippen molar-refractivity contribution in [2.75, 3.05) is 30.6 Å². The maximum atomic E-state index is 6.02. The zero-order valence-electron chi connectivity index (χ0n) is 11.5. The van der Waals surface area contributed by atoms with Crippen molar-refractivity contribution in [3.05, 3.63) is 24.3 Å². The molecule has 1 unspecified atom stereocenters. The molecule has 19 heavy (non-hydrogen) atoms. The van der Waals surface area contributed by atoms with E-state index in [1.165, 1.54) is 12.2 Å². The molecule has 0 saturated carbocycles. The number of benzene rings is 1. The van der Waals surface area contributed by atoms with Gasteiger partial charge in [0.1, 0.15) is 5.75 Å². The molecule has 0 saturated heterocycles. The SMILES string of the molecule is COc1ccc(N2C(N)=NCC2CCCSC)cc1. The largest absolute Gasteiger partial charge is 0.497 e. The number of thioether (sulfide) groups is 1. The van der Waals surface area contributed by atoms with Crippen molar-refractivity contribution < 1.29 is 4.74 Å². The van der Waals surface area contributed by atoms with Gasteiger partial charge in [0.2, 0.25) is 0 Å². The summed E-state index contributed by atoms with van der Waals surface area (Å²) < 4.78 is 5.18. The summed E-state index contributed by atoms with van der Waals surface area (Å²) in [6, 6.07) is 8.38. The number of hydrogen-bond acceptors (Lipinski definition) is 5. The average molecular weight is 279 g/mol. The van der Waals surface area contributed by atoms with Crippen LogP contribution in [0.4, 0.5) is 5.69 Å². The van der Waals surface area contributed by atoms with Crippen LogP contribution in [0.15, 0.2) is 29.3 Å². The summed E-state index contributed by atoms with van der Waals surface area (Å²) >= 11 is 1.88. The second kappa shape index (κ2) is 6.70. The van der Waals surface area contributed by atoms with E-state index in [2.05, 4.69) is 16.1 Å². The number of anilines is 1. The lowest BCUT2D eigenvalue weighted by Crippen LogP contribution is -2.40. The maximum Gasteiger partial charge on any atom is 0.196 e. The third-order valence-electron chi connectivity index (χ3n) is 3.31. The van der Waals surface area contributed by atoms with E-state index >= 15 is 0 Å². The van der Waals surface area contributed by atoms with Gasteiger partial charge in [-0.3, -0.25) is 4.99 Å². The number of aliphatic imine (C=N–C) groups is 1. The molecule has 0 amide bonds. The van der Waals surface area contributed by atoms with Crippen molar-refractivity contribution in [2.45, 2.75) is 18.9 Å². The highest BCUT2D eigenvalue weighted by Gasteiger charge is 2.26. The lowest BCUT2D eigenvalue weighted by Gasteiger charge is -2.26. The van der Waals surface area contributed by atoms with Gasteiger partial charge < -0.3 is 15.4 Å². The summed E-state index contributed by atoms with van der Waals surface area (Å²) in [5.74, 6) is 2.67. The quantitative estimate of drug-likeness (QED) is 0.812. The molecule has 1 aromatic rings. The highest BCUT2D eigenvalue weighted by molar-refractivity contribution is 7.98. The predicted octanol–water partition coefficient (Wildman–Crippen LogP) is 2.34. The number of hydrogen-bond donors (Lipinski definition) is 1. The predicted molar refractivity (Wildman–Crippen MR) is 83.4 cm³/mol. The van der Waals surface area contributed by atoms with Gasteiger partial charge in [-0.2, -0.15) is 11.8 Å². The molecule has 2 N–H and O–H groups in total. The molecule has 0 fully saturated rings. The van der Waals surface area contributed by atoms with Gasteiger partial charge in [0.05, 0.1) is 19.7 Å². The molecular formula is C14H21N3OS. The van der Waals surface area contributed by atoms with Gasteiger partial charge in [0.15, 0.2) is 5.96 Å². The minimum atomic E-state index is 0.389.